The zero-order valence-electron chi connectivity index (χ0n) is 15.7. The molecule has 0 radical (unpaired) electrons. The molecule has 1 amide bonds. The van der Waals surface area contributed by atoms with E-state index in [4.69, 9.17) is 4.74 Å². The smallest absolute Gasteiger partial charge is 0.237 e. The highest BCUT2D eigenvalue weighted by atomic mass is 35.5. The Bertz CT molecular complexity index is 564. The molecule has 0 bridgehead atoms. The first kappa shape index (κ1) is 21.0. The van der Waals surface area contributed by atoms with Gasteiger partial charge in [0, 0.05) is 25.2 Å². The van der Waals surface area contributed by atoms with Gasteiger partial charge in [-0.05, 0) is 57.7 Å². The van der Waals surface area contributed by atoms with Crippen LogP contribution in [0.2, 0.25) is 0 Å². The molecular formula is C20H32ClN3O2. The Balaban J connectivity index is 0.00000243. The maximum absolute atomic E-state index is 12.2. The summed E-state index contributed by atoms with van der Waals surface area (Å²) in [5.41, 5.74) is 1.25. The molecule has 1 aromatic carbocycles. The number of hydrogen-bond acceptors (Lipinski definition) is 4. The van der Waals surface area contributed by atoms with Crippen LogP contribution in [0.15, 0.2) is 24.3 Å². The second kappa shape index (κ2) is 10.8. The number of likely N-dealkylation sites (tertiary alicyclic amines) is 1. The number of piperidine rings is 1. The van der Waals surface area contributed by atoms with Gasteiger partial charge < -0.3 is 15.4 Å². The molecule has 5 nitrogen and oxygen atoms in total. The first-order valence-electron chi connectivity index (χ1n) is 9.70. The van der Waals surface area contributed by atoms with Gasteiger partial charge in [0.25, 0.3) is 0 Å². The number of ether oxygens (including phenoxy) is 1. The quantitative estimate of drug-likeness (QED) is 0.762. The van der Waals surface area contributed by atoms with Crippen LogP contribution in [0.5, 0.6) is 5.75 Å². The lowest BCUT2D eigenvalue weighted by Gasteiger charge is -2.33. The van der Waals surface area contributed by atoms with E-state index in [0.717, 1.165) is 51.3 Å². The van der Waals surface area contributed by atoms with Crippen LogP contribution in [0, 0.1) is 5.92 Å². The maximum Gasteiger partial charge on any atom is 0.237 e. The summed E-state index contributed by atoms with van der Waals surface area (Å²) in [6.45, 7) is 7.56. The average molecular weight is 382 g/mol. The van der Waals surface area contributed by atoms with Gasteiger partial charge in [-0.25, -0.2) is 0 Å². The molecule has 2 atom stereocenters. The minimum atomic E-state index is 0. The Hall–Kier alpha value is -1.30. The van der Waals surface area contributed by atoms with Crippen LogP contribution < -0.4 is 15.4 Å². The summed E-state index contributed by atoms with van der Waals surface area (Å²) in [7, 11) is 0. The number of carbonyl (C=O) groups excluding carboxylic acids is 1. The first-order chi connectivity index (χ1) is 12.3. The molecule has 1 aromatic rings. The molecular weight excluding hydrogens is 350 g/mol. The van der Waals surface area contributed by atoms with E-state index < -0.39 is 0 Å². The van der Waals surface area contributed by atoms with E-state index >= 15 is 0 Å². The van der Waals surface area contributed by atoms with Crippen molar-refractivity contribution in [3.05, 3.63) is 29.8 Å². The largest absolute Gasteiger partial charge is 0.494 e. The molecule has 2 fully saturated rings. The number of nitrogens with zero attached hydrogens (tertiary/aromatic N) is 1. The Morgan fingerprint density at radius 3 is 2.92 bits per heavy atom. The van der Waals surface area contributed by atoms with Crippen LogP contribution in [0.1, 0.15) is 38.2 Å². The fourth-order valence-electron chi connectivity index (χ4n) is 3.91. The zero-order valence-corrected chi connectivity index (χ0v) is 16.5. The van der Waals surface area contributed by atoms with Crippen molar-refractivity contribution < 1.29 is 9.53 Å². The molecule has 2 aliphatic rings. The Morgan fingerprint density at radius 2 is 2.15 bits per heavy atom. The summed E-state index contributed by atoms with van der Waals surface area (Å²) in [4.78, 5) is 14.7. The lowest BCUT2D eigenvalue weighted by molar-refractivity contribution is -0.123. The minimum absolute atomic E-state index is 0. The zero-order chi connectivity index (χ0) is 17.5. The molecule has 0 aromatic heterocycles. The molecule has 2 aliphatic heterocycles. The fraction of sp³-hybridized carbons (Fsp3) is 0.650. The van der Waals surface area contributed by atoms with Gasteiger partial charge in [0.1, 0.15) is 5.75 Å². The summed E-state index contributed by atoms with van der Waals surface area (Å²) in [5, 5.41) is 6.42. The summed E-state index contributed by atoms with van der Waals surface area (Å²) >= 11 is 0. The van der Waals surface area contributed by atoms with Crippen molar-refractivity contribution in [2.45, 2.75) is 45.2 Å². The molecule has 0 aliphatic carbocycles. The molecule has 146 valence electrons. The maximum atomic E-state index is 12.2. The van der Waals surface area contributed by atoms with Crippen LogP contribution in [0.25, 0.3) is 0 Å². The number of para-hydroxylation sites is 1. The fourth-order valence-corrected chi connectivity index (χ4v) is 3.91. The standard InChI is InChI=1S/C20H31N3O2.ClH/c1-2-25-19-10-4-3-8-17(19)15-23-12-6-7-16(14-23)13-22-20(24)18-9-5-11-21-18;/h3-4,8,10,16,18,21H,2,5-7,9,11-15H2,1H3,(H,22,24);1H. The number of hydrogen-bond donors (Lipinski definition) is 2. The predicted octanol–water partition coefficient (Wildman–Crippen LogP) is 2.59. The van der Waals surface area contributed by atoms with E-state index in [0.29, 0.717) is 12.5 Å². The van der Waals surface area contributed by atoms with Crippen molar-refractivity contribution in [2.75, 3.05) is 32.8 Å². The number of benzene rings is 1. The van der Waals surface area contributed by atoms with Gasteiger partial charge in [-0.3, -0.25) is 9.69 Å². The van der Waals surface area contributed by atoms with E-state index in [2.05, 4.69) is 33.7 Å². The highest BCUT2D eigenvalue weighted by Gasteiger charge is 2.25. The van der Waals surface area contributed by atoms with Gasteiger partial charge >= 0.3 is 0 Å². The lowest BCUT2D eigenvalue weighted by atomic mass is 9.97. The first-order valence-corrected chi connectivity index (χ1v) is 9.70. The van der Waals surface area contributed by atoms with Gasteiger partial charge in [0.15, 0.2) is 0 Å². The number of amides is 1. The molecule has 0 saturated carbocycles. The third-order valence-corrected chi connectivity index (χ3v) is 5.21. The van der Waals surface area contributed by atoms with Crippen molar-refractivity contribution in [1.29, 1.82) is 0 Å². The normalized spacial score (nSPS) is 23.3. The number of halogens is 1. The van der Waals surface area contributed by atoms with Crippen LogP contribution >= 0.6 is 12.4 Å². The SMILES string of the molecule is CCOc1ccccc1CN1CCCC(CNC(=O)C2CCCN2)C1.Cl. The number of nitrogens with one attached hydrogen (secondary N) is 2. The monoisotopic (exact) mass is 381 g/mol. The van der Waals surface area contributed by atoms with Crippen molar-refractivity contribution in [3.8, 4) is 5.75 Å². The topological polar surface area (TPSA) is 53.6 Å². The van der Waals surface area contributed by atoms with Crippen molar-refractivity contribution >= 4 is 18.3 Å². The van der Waals surface area contributed by atoms with E-state index in [9.17, 15) is 4.79 Å². The van der Waals surface area contributed by atoms with Gasteiger partial charge in [0.05, 0.1) is 12.6 Å². The molecule has 2 unspecified atom stereocenters. The Morgan fingerprint density at radius 1 is 1.31 bits per heavy atom. The van der Waals surface area contributed by atoms with Crippen molar-refractivity contribution in [3.63, 3.8) is 0 Å². The summed E-state index contributed by atoms with van der Waals surface area (Å²) in [5.74, 6) is 1.71. The van der Waals surface area contributed by atoms with Crippen LogP contribution in [-0.2, 0) is 11.3 Å². The van der Waals surface area contributed by atoms with Crippen LogP contribution in [0.3, 0.4) is 0 Å². The molecule has 3 rings (SSSR count). The van der Waals surface area contributed by atoms with Crippen molar-refractivity contribution in [2.24, 2.45) is 5.92 Å². The van der Waals surface area contributed by atoms with Crippen LogP contribution in [0.4, 0.5) is 0 Å². The molecule has 6 heteroatoms. The minimum Gasteiger partial charge on any atom is -0.494 e. The summed E-state index contributed by atoms with van der Waals surface area (Å²) in [6.07, 6.45) is 4.46. The molecule has 2 N–H and O–H groups in total. The highest BCUT2D eigenvalue weighted by molar-refractivity contribution is 5.85. The van der Waals surface area contributed by atoms with Gasteiger partial charge in [-0.1, -0.05) is 18.2 Å². The number of carbonyl (C=O) groups is 1. The summed E-state index contributed by atoms with van der Waals surface area (Å²) < 4.78 is 5.75. The lowest BCUT2D eigenvalue weighted by Crippen LogP contribution is -2.45. The number of rotatable bonds is 7. The van der Waals surface area contributed by atoms with E-state index in [-0.39, 0.29) is 24.4 Å². The molecule has 2 heterocycles. The molecule has 0 spiro atoms. The third-order valence-electron chi connectivity index (χ3n) is 5.21. The average Bonchev–Trinajstić information content (AvgIpc) is 3.17. The second-order valence-corrected chi connectivity index (χ2v) is 7.18. The van der Waals surface area contributed by atoms with Gasteiger partial charge in [-0.2, -0.15) is 0 Å². The molecule has 2 saturated heterocycles. The van der Waals surface area contributed by atoms with E-state index in [1.54, 1.807) is 0 Å². The summed E-state index contributed by atoms with van der Waals surface area (Å²) in [6, 6.07) is 8.34. The highest BCUT2D eigenvalue weighted by Crippen LogP contribution is 2.23. The van der Waals surface area contributed by atoms with Crippen molar-refractivity contribution in [1.82, 2.24) is 15.5 Å². The molecule has 26 heavy (non-hydrogen) atoms. The Labute approximate surface area is 163 Å². The van der Waals surface area contributed by atoms with Gasteiger partial charge in [-0.15, -0.1) is 12.4 Å². The van der Waals surface area contributed by atoms with Gasteiger partial charge in [0.2, 0.25) is 5.91 Å². The Kier molecular flexibility index (Phi) is 8.69. The van der Waals surface area contributed by atoms with Crippen LogP contribution in [-0.4, -0.2) is 49.6 Å². The predicted molar refractivity (Wildman–Crippen MR) is 107 cm³/mol. The van der Waals surface area contributed by atoms with E-state index in [1.807, 2.05) is 13.0 Å². The van der Waals surface area contributed by atoms with E-state index in [1.165, 1.54) is 18.4 Å². The second-order valence-electron chi connectivity index (χ2n) is 7.18. The third kappa shape index (κ3) is 5.86.